The van der Waals surface area contributed by atoms with Crippen molar-refractivity contribution in [2.75, 3.05) is 12.4 Å². The molecule has 0 saturated carbocycles. The van der Waals surface area contributed by atoms with Gasteiger partial charge >= 0.3 is 11.7 Å². The Bertz CT molecular complexity index is 947. The maximum atomic E-state index is 12.5. The molecule has 0 aliphatic rings. The molecule has 0 aliphatic carbocycles. The fourth-order valence-electron chi connectivity index (χ4n) is 2.13. The number of para-hydroxylation sites is 1. The van der Waals surface area contributed by atoms with Gasteiger partial charge in [-0.2, -0.15) is 0 Å². The molecule has 138 valence electrons. The van der Waals surface area contributed by atoms with Gasteiger partial charge in [0.05, 0.1) is 18.0 Å². The number of ether oxygens (including phenoxy) is 1. The fraction of sp³-hybridized carbons (Fsp3) is 0.294. The third-order valence-electron chi connectivity index (χ3n) is 3.47. The van der Waals surface area contributed by atoms with Crippen molar-refractivity contribution in [3.8, 4) is 5.88 Å². The second-order valence-corrected chi connectivity index (χ2v) is 6.21. The van der Waals surface area contributed by atoms with Crippen LogP contribution in [0.3, 0.4) is 0 Å². The molecule has 2 aromatic rings. The van der Waals surface area contributed by atoms with Gasteiger partial charge in [-0.25, -0.2) is 9.79 Å². The molecule has 0 atom stereocenters. The lowest BCUT2D eigenvalue weighted by Gasteiger charge is -2.12. The first-order valence-corrected chi connectivity index (χ1v) is 8.76. The monoisotopic (exact) mass is 377 g/mol. The molecule has 9 heteroatoms. The maximum Gasteiger partial charge on any atom is 0.333 e. The van der Waals surface area contributed by atoms with Crippen LogP contribution in [0.15, 0.2) is 44.9 Å². The van der Waals surface area contributed by atoms with Crippen molar-refractivity contribution in [2.45, 2.75) is 6.92 Å². The van der Waals surface area contributed by atoms with Crippen molar-refractivity contribution in [2.24, 2.45) is 19.1 Å². The number of carbonyl (C=O) groups is 1. The summed E-state index contributed by atoms with van der Waals surface area (Å²) in [5, 5.41) is 10.5. The Kier molecular flexibility index (Phi) is 6.40. The molecule has 0 fully saturated rings. The number of benzene rings is 1. The number of aliphatic imine (C=N–C) groups is 1. The van der Waals surface area contributed by atoms with Gasteiger partial charge in [0.1, 0.15) is 10.6 Å². The molecular weight excluding hydrogens is 358 g/mol. The van der Waals surface area contributed by atoms with E-state index in [2.05, 4.69) is 4.99 Å². The Morgan fingerprint density at radius 2 is 1.85 bits per heavy atom. The average molecular weight is 377 g/mol. The SMILES string of the molecule is CCOC(=O)CSC(=Nc1ccccc1)c1c(O)n(C)c(=O)n(C)c1=O. The van der Waals surface area contributed by atoms with Gasteiger partial charge in [0.15, 0.2) is 0 Å². The Morgan fingerprint density at radius 3 is 2.46 bits per heavy atom. The summed E-state index contributed by atoms with van der Waals surface area (Å²) in [5.74, 6) is -1.08. The van der Waals surface area contributed by atoms with Crippen LogP contribution >= 0.6 is 11.8 Å². The van der Waals surface area contributed by atoms with Crippen LogP contribution in [0.5, 0.6) is 5.88 Å². The van der Waals surface area contributed by atoms with Crippen LogP contribution in [0.4, 0.5) is 5.69 Å². The number of esters is 1. The van der Waals surface area contributed by atoms with Crippen LogP contribution in [-0.4, -0.2) is 37.6 Å². The lowest BCUT2D eigenvalue weighted by atomic mass is 10.3. The number of carbonyl (C=O) groups excluding carboxylic acids is 1. The predicted octanol–water partition coefficient (Wildman–Crippen LogP) is 1.16. The third-order valence-corrected chi connectivity index (χ3v) is 4.42. The molecule has 0 spiro atoms. The molecule has 0 aliphatic heterocycles. The molecule has 26 heavy (non-hydrogen) atoms. The minimum Gasteiger partial charge on any atom is -0.494 e. The van der Waals surface area contributed by atoms with E-state index in [9.17, 15) is 19.5 Å². The van der Waals surface area contributed by atoms with Crippen molar-refractivity contribution in [1.29, 1.82) is 0 Å². The molecule has 1 N–H and O–H groups in total. The van der Waals surface area contributed by atoms with Gasteiger partial charge in [-0.15, -0.1) is 0 Å². The third kappa shape index (κ3) is 4.23. The van der Waals surface area contributed by atoms with E-state index in [-0.39, 0.29) is 23.0 Å². The quantitative estimate of drug-likeness (QED) is 0.477. The van der Waals surface area contributed by atoms with E-state index >= 15 is 0 Å². The number of aromatic nitrogens is 2. The maximum absolute atomic E-state index is 12.5. The van der Waals surface area contributed by atoms with E-state index in [1.165, 1.54) is 14.1 Å². The van der Waals surface area contributed by atoms with Crippen LogP contribution in [0.25, 0.3) is 0 Å². The fourth-order valence-corrected chi connectivity index (χ4v) is 2.96. The normalized spacial score (nSPS) is 11.4. The van der Waals surface area contributed by atoms with Gasteiger partial charge in [-0.1, -0.05) is 30.0 Å². The summed E-state index contributed by atoms with van der Waals surface area (Å²) < 4.78 is 6.71. The van der Waals surface area contributed by atoms with Gasteiger partial charge in [-0.3, -0.25) is 18.7 Å². The largest absolute Gasteiger partial charge is 0.494 e. The standard InChI is InChI=1S/C17H19N3O5S/c1-4-25-12(21)10-26-14(18-11-8-6-5-7-9-11)13-15(22)19(2)17(24)20(3)16(13)23/h5-9,22H,4,10H2,1-3H3. The second-order valence-electron chi connectivity index (χ2n) is 5.25. The summed E-state index contributed by atoms with van der Waals surface area (Å²) in [6, 6.07) is 8.78. The van der Waals surface area contributed by atoms with Crippen LogP contribution in [0.1, 0.15) is 12.5 Å². The molecule has 1 aromatic heterocycles. The zero-order valence-electron chi connectivity index (χ0n) is 14.6. The molecule has 0 bridgehead atoms. The highest BCUT2D eigenvalue weighted by Gasteiger charge is 2.21. The Morgan fingerprint density at radius 1 is 1.19 bits per heavy atom. The van der Waals surface area contributed by atoms with Gasteiger partial charge in [0.25, 0.3) is 5.56 Å². The van der Waals surface area contributed by atoms with Crippen LogP contribution in [-0.2, 0) is 23.6 Å². The summed E-state index contributed by atoms with van der Waals surface area (Å²) in [6.45, 7) is 1.92. The average Bonchev–Trinajstić information content (AvgIpc) is 2.64. The van der Waals surface area contributed by atoms with Crippen molar-refractivity contribution >= 4 is 28.5 Å². The zero-order valence-corrected chi connectivity index (χ0v) is 15.4. The van der Waals surface area contributed by atoms with E-state index in [1.807, 2.05) is 6.07 Å². The highest BCUT2D eigenvalue weighted by molar-refractivity contribution is 8.15. The second kappa shape index (κ2) is 8.52. The van der Waals surface area contributed by atoms with Crippen molar-refractivity contribution in [3.05, 3.63) is 56.7 Å². The van der Waals surface area contributed by atoms with Crippen molar-refractivity contribution < 1.29 is 14.6 Å². The van der Waals surface area contributed by atoms with Gasteiger partial charge < -0.3 is 9.84 Å². The number of rotatable bonds is 5. The minimum atomic E-state index is -0.698. The van der Waals surface area contributed by atoms with E-state index in [1.54, 1.807) is 31.2 Å². The molecular formula is C17H19N3O5S. The number of thioether (sulfide) groups is 1. The van der Waals surface area contributed by atoms with Gasteiger partial charge in [-0.05, 0) is 19.1 Å². The number of aromatic hydroxyl groups is 1. The summed E-state index contributed by atoms with van der Waals surface area (Å²) in [5.41, 5.74) is -0.968. The molecule has 0 saturated heterocycles. The highest BCUT2D eigenvalue weighted by atomic mass is 32.2. The van der Waals surface area contributed by atoms with E-state index in [0.29, 0.717) is 5.69 Å². The highest BCUT2D eigenvalue weighted by Crippen LogP contribution is 2.22. The zero-order chi connectivity index (χ0) is 19.3. The topological polar surface area (TPSA) is 103 Å². The first-order chi connectivity index (χ1) is 12.4. The van der Waals surface area contributed by atoms with Crippen LogP contribution < -0.4 is 11.2 Å². The molecule has 0 amide bonds. The Balaban J connectivity index is 2.58. The van der Waals surface area contributed by atoms with Crippen molar-refractivity contribution in [1.82, 2.24) is 9.13 Å². The number of nitrogens with zero attached hydrogens (tertiary/aromatic N) is 3. The van der Waals surface area contributed by atoms with Crippen LogP contribution in [0, 0.1) is 0 Å². The molecule has 1 aromatic carbocycles. The first-order valence-electron chi connectivity index (χ1n) is 7.78. The van der Waals surface area contributed by atoms with Crippen LogP contribution in [0.2, 0.25) is 0 Å². The number of hydrogen-bond donors (Lipinski definition) is 1. The summed E-state index contributed by atoms with van der Waals surface area (Å²) in [6.07, 6.45) is 0. The molecule has 0 radical (unpaired) electrons. The Labute approximate surface area is 153 Å². The lowest BCUT2D eigenvalue weighted by Crippen LogP contribution is -2.39. The summed E-state index contributed by atoms with van der Waals surface area (Å²) >= 11 is 0.956. The van der Waals surface area contributed by atoms with E-state index in [4.69, 9.17) is 4.74 Å². The van der Waals surface area contributed by atoms with Crippen molar-refractivity contribution in [3.63, 3.8) is 0 Å². The first kappa shape index (κ1) is 19.5. The van der Waals surface area contributed by atoms with E-state index in [0.717, 1.165) is 20.9 Å². The van der Waals surface area contributed by atoms with Gasteiger partial charge in [0, 0.05) is 14.1 Å². The summed E-state index contributed by atoms with van der Waals surface area (Å²) in [7, 11) is 2.65. The lowest BCUT2D eigenvalue weighted by molar-refractivity contribution is -0.139. The predicted molar refractivity (Wildman–Crippen MR) is 100 cm³/mol. The molecule has 2 rings (SSSR count). The molecule has 8 nitrogen and oxygen atoms in total. The molecule has 0 unspecified atom stereocenters. The smallest absolute Gasteiger partial charge is 0.333 e. The Hall–Kier alpha value is -2.81. The van der Waals surface area contributed by atoms with E-state index < -0.39 is 23.1 Å². The van der Waals surface area contributed by atoms with Gasteiger partial charge in [0.2, 0.25) is 5.88 Å². The minimum absolute atomic E-state index is 0.0923. The molecule has 1 heterocycles. The summed E-state index contributed by atoms with van der Waals surface area (Å²) in [4.78, 5) is 40.6. The number of hydrogen-bond acceptors (Lipinski definition) is 7.